The van der Waals surface area contributed by atoms with Crippen LogP contribution in [0.15, 0.2) is 66.2 Å². The van der Waals surface area contributed by atoms with E-state index in [2.05, 4.69) is 5.10 Å². The predicted octanol–water partition coefficient (Wildman–Crippen LogP) is 4.53. The number of allylic oxidation sites excluding steroid dienone is 2. The number of carbonyl (C=O) groups is 1. The van der Waals surface area contributed by atoms with E-state index in [1.165, 1.54) is 5.56 Å². The van der Waals surface area contributed by atoms with Crippen LogP contribution in [0.25, 0.3) is 16.8 Å². The van der Waals surface area contributed by atoms with Crippen LogP contribution >= 0.6 is 0 Å². The smallest absolute Gasteiger partial charge is 0.267 e. The summed E-state index contributed by atoms with van der Waals surface area (Å²) in [5.74, 6) is -0.0419. The fourth-order valence-electron chi connectivity index (χ4n) is 3.21. The summed E-state index contributed by atoms with van der Waals surface area (Å²) in [4.78, 5) is 13.0. The summed E-state index contributed by atoms with van der Waals surface area (Å²) in [7, 11) is 0. The first-order valence-electron chi connectivity index (χ1n) is 8.09. The quantitative estimate of drug-likeness (QED) is 0.696. The fraction of sp³-hybridized carbons (Fsp3) is 0.143. The van der Waals surface area contributed by atoms with Crippen LogP contribution in [0.2, 0.25) is 0 Å². The zero-order valence-corrected chi connectivity index (χ0v) is 13.8. The van der Waals surface area contributed by atoms with Crippen molar-refractivity contribution < 1.29 is 4.79 Å². The van der Waals surface area contributed by atoms with Gasteiger partial charge in [0.05, 0.1) is 11.4 Å². The molecule has 0 saturated heterocycles. The molecule has 1 aliphatic rings. The lowest BCUT2D eigenvalue weighted by atomic mass is 9.94. The normalized spacial score (nSPS) is 14.0. The summed E-state index contributed by atoms with van der Waals surface area (Å²) in [6.07, 6.45) is 0.745. The van der Waals surface area contributed by atoms with E-state index in [0.29, 0.717) is 0 Å². The second-order valence-corrected chi connectivity index (χ2v) is 6.30. The van der Waals surface area contributed by atoms with Crippen molar-refractivity contribution in [2.75, 3.05) is 0 Å². The predicted molar refractivity (Wildman–Crippen MR) is 95.8 cm³/mol. The highest BCUT2D eigenvalue weighted by Gasteiger charge is 2.26. The average molecular weight is 314 g/mol. The molecule has 24 heavy (non-hydrogen) atoms. The molecular formula is C21H18N2O. The topological polar surface area (TPSA) is 34.9 Å². The minimum absolute atomic E-state index is 0.0419. The average Bonchev–Trinajstić information content (AvgIpc) is 3.02. The maximum absolute atomic E-state index is 13.0. The summed E-state index contributed by atoms with van der Waals surface area (Å²) in [5.41, 5.74) is 6.84. The molecule has 0 saturated carbocycles. The molecular weight excluding hydrogens is 296 g/mol. The molecule has 0 fully saturated rings. The molecule has 0 atom stereocenters. The van der Waals surface area contributed by atoms with Crippen molar-refractivity contribution in [3.63, 3.8) is 0 Å². The Bertz CT molecular complexity index is 947. The first kappa shape index (κ1) is 14.6. The third kappa shape index (κ3) is 2.38. The Balaban J connectivity index is 1.77. The molecule has 0 radical (unpaired) electrons. The highest BCUT2D eigenvalue weighted by Crippen LogP contribution is 2.30. The maximum Gasteiger partial charge on any atom is 0.278 e. The molecule has 2 heterocycles. The second kappa shape index (κ2) is 5.60. The molecule has 0 spiro atoms. The van der Waals surface area contributed by atoms with Gasteiger partial charge in [-0.05, 0) is 25.5 Å². The van der Waals surface area contributed by atoms with E-state index in [-0.39, 0.29) is 5.91 Å². The van der Waals surface area contributed by atoms with Crippen molar-refractivity contribution in [1.82, 2.24) is 9.78 Å². The molecule has 3 aromatic rings. The number of aryl methyl sites for hydroxylation is 1. The van der Waals surface area contributed by atoms with Gasteiger partial charge in [0, 0.05) is 17.6 Å². The van der Waals surface area contributed by atoms with Crippen LogP contribution in [0.1, 0.15) is 28.5 Å². The summed E-state index contributed by atoms with van der Waals surface area (Å²) < 4.78 is 1.56. The van der Waals surface area contributed by atoms with Crippen LogP contribution < -0.4 is 0 Å². The number of hydrogen-bond acceptors (Lipinski definition) is 2. The third-order valence-corrected chi connectivity index (χ3v) is 4.47. The van der Waals surface area contributed by atoms with Gasteiger partial charge < -0.3 is 0 Å². The Kier molecular flexibility index (Phi) is 3.42. The van der Waals surface area contributed by atoms with E-state index in [4.69, 9.17) is 0 Å². The van der Waals surface area contributed by atoms with Crippen LogP contribution in [-0.4, -0.2) is 15.7 Å². The van der Waals surface area contributed by atoms with Crippen LogP contribution in [0.5, 0.6) is 0 Å². The minimum Gasteiger partial charge on any atom is -0.267 e. The van der Waals surface area contributed by atoms with Crippen LogP contribution in [0.3, 0.4) is 0 Å². The third-order valence-electron chi connectivity index (χ3n) is 4.47. The van der Waals surface area contributed by atoms with Crippen molar-refractivity contribution in [1.29, 1.82) is 0 Å². The lowest BCUT2D eigenvalue weighted by Gasteiger charge is -2.18. The highest BCUT2D eigenvalue weighted by molar-refractivity contribution is 6.22. The molecule has 0 amide bonds. The van der Waals surface area contributed by atoms with Gasteiger partial charge in [-0.25, -0.2) is 0 Å². The highest BCUT2D eigenvalue weighted by atomic mass is 16.2. The number of fused-ring (bicyclic) bond motifs is 1. The van der Waals surface area contributed by atoms with Gasteiger partial charge in [0.15, 0.2) is 0 Å². The van der Waals surface area contributed by atoms with Crippen molar-refractivity contribution in [3.8, 4) is 11.3 Å². The molecule has 4 rings (SSSR count). The Morgan fingerprint density at radius 2 is 1.62 bits per heavy atom. The van der Waals surface area contributed by atoms with Gasteiger partial charge in [-0.15, -0.1) is 0 Å². The lowest BCUT2D eigenvalue weighted by Crippen LogP contribution is -2.23. The molecule has 0 aliphatic carbocycles. The summed E-state index contributed by atoms with van der Waals surface area (Å²) in [5, 5.41) is 4.56. The molecule has 3 nitrogen and oxygen atoms in total. The van der Waals surface area contributed by atoms with Gasteiger partial charge >= 0.3 is 0 Å². The lowest BCUT2D eigenvalue weighted by molar-refractivity contribution is 0.0958. The summed E-state index contributed by atoms with van der Waals surface area (Å²) >= 11 is 0. The van der Waals surface area contributed by atoms with Crippen LogP contribution in [0.4, 0.5) is 0 Å². The monoisotopic (exact) mass is 314 g/mol. The van der Waals surface area contributed by atoms with Crippen molar-refractivity contribution >= 4 is 11.5 Å². The number of hydrogen-bond donors (Lipinski definition) is 0. The maximum atomic E-state index is 13.0. The van der Waals surface area contributed by atoms with E-state index < -0.39 is 0 Å². The number of rotatable bonds is 2. The number of benzene rings is 2. The SMILES string of the molecule is CC1=C(c2ccc(C)cc2)C(=O)n2nc(-c3ccccc3)cc2C1. The Hall–Kier alpha value is -2.94. The van der Waals surface area contributed by atoms with Gasteiger partial charge in [0.1, 0.15) is 0 Å². The van der Waals surface area contributed by atoms with E-state index in [1.807, 2.05) is 74.5 Å². The molecule has 1 aliphatic heterocycles. The molecule has 3 heteroatoms. The first-order chi connectivity index (χ1) is 11.6. The van der Waals surface area contributed by atoms with Gasteiger partial charge in [-0.1, -0.05) is 65.7 Å². The van der Waals surface area contributed by atoms with E-state index in [1.54, 1.807) is 4.68 Å². The van der Waals surface area contributed by atoms with Crippen LogP contribution in [0, 0.1) is 6.92 Å². The van der Waals surface area contributed by atoms with E-state index in [0.717, 1.165) is 40.1 Å². The molecule has 0 unspecified atom stereocenters. The standard InChI is InChI=1S/C21H18N2O/c1-14-8-10-17(11-9-14)20-15(2)12-18-13-19(22-23(18)21(20)24)16-6-4-3-5-7-16/h3-11,13H,12H2,1-2H3. The van der Waals surface area contributed by atoms with Crippen molar-refractivity contribution in [2.24, 2.45) is 0 Å². The number of aromatic nitrogens is 2. The summed E-state index contributed by atoms with van der Waals surface area (Å²) in [6, 6.07) is 20.1. The zero-order valence-electron chi connectivity index (χ0n) is 13.8. The van der Waals surface area contributed by atoms with E-state index in [9.17, 15) is 4.79 Å². The fourth-order valence-corrected chi connectivity index (χ4v) is 3.21. The Labute approximate surface area is 141 Å². The van der Waals surface area contributed by atoms with Gasteiger partial charge in [0.2, 0.25) is 0 Å². The summed E-state index contributed by atoms with van der Waals surface area (Å²) in [6.45, 7) is 4.08. The second-order valence-electron chi connectivity index (χ2n) is 6.30. The van der Waals surface area contributed by atoms with Gasteiger partial charge in [0.25, 0.3) is 5.91 Å². The van der Waals surface area contributed by atoms with Crippen molar-refractivity contribution in [3.05, 3.63) is 83.1 Å². The minimum atomic E-state index is -0.0419. The molecule has 118 valence electrons. The molecule has 0 N–H and O–H groups in total. The number of carbonyl (C=O) groups excluding carboxylic acids is 1. The molecule has 0 bridgehead atoms. The molecule has 2 aromatic carbocycles. The zero-order chi connectivity index (χ0) is 16.7. The van der Waals surface area contributed by atoms with E-state index >= 15 is 0 Å². The molecule has 1 aromatic heterocycles. The number of nitrogens with zero attached hydrogens (tertiary/aromatic N) is 2. The largest absolute Gasteiger partial charge is 0.278 e. The van der Waals surface area contributed by atoms with Crippen LogP contribution in [-0.2, 0) is 6.42 Å². The Morgan fingerprint density at radius 1 is 0.917 bits per heavy atom. The Morgan fingerprint density at radius 3 is 2.33 bits per heavy atom. The van der Waals surface area contributed by atoms with Gasteiger partial charge in [-0.3, -0.25) is 4.79 Å². The van der Waals surface area contributed by atoms with Gasteiger partial charge in [-0.2, -0.15) is 9.78 Å². The first-order valence-corrected chi connectivity index (χ1v) is 8.09. The van der Waals surface area contributed by atoms with Crippen molar-refractivity contribution in [2.45, 2.75) is 20.3 Å².